The highest BCUT2D eigenvalue weighted by atomic mass is 16.5. The molecule has 1 atom stereocenters. The first-order chi connectivity index (χ1) is 8.76. The van der Waals surface area contributed by atoms with Crippen LogP contribution in [0.1, 0.15) is 44.9 Å². The van der Waals surface area contributed by atoms with Crippen LogP contribution in [0.2, 0.25) is 0 Å². The van der Waals surface area contributed by atoms with E-state index < -0.39 is 0 Å². The van der Waals surface area contributed by atoms with Crippen LogP contribution in [0.3, 0.4) is 0 Å². The molecular formula is C15H29NO2. The molecule has 0 bridgehead atoms. The Hall–Kier alpha value is -0.120. The smallest absolute Gasteiger partial charge is 0.0622 e. The van der Waals surface area contributed by atoms with Crippen molar-refractivity contribution in [2.75, 3.05) is 40.5 Å². The van der Waals surface area contributed by atoms with Crippen LogP contribution in [-0.2, 0) is 9.47 Å². The van der Waals surface area contributed by atoms with E-state index in [0.717, 1.165) is 19.8 Å². The minimum Gasteiger partial charge on any atom is -0.385 e. The van der Waals surface area contributed by atoms with Crippen molar-refractivity contribution in [3.05, 3.63) is 0 Å². The number of ether oxygens (including phenoxy) is 2. The first-order valence-electron chi connectivity index (χ1n) is 7.53. The monoisotopic (exact) mass is 255 g/mol. The van der Waals surface area contributed by atoms with E-state index in [9.17, 15) is 0 Å². The maximum absolute atomic E-state index is 5.52. The van der Waals surface area contributed by atoms with Gasteiger partial charge in [0.2, 0.25) is 0 Å². The van der Waals surface area contributed by atoms with Crippen LogP contribution < -0.4 is 0 Å². The molecule has 1 aliphatic heterocycles. The molecule has 106 valence electrons. The molecule has 0 aromatic rings. The van der Waals surface area contributed by atoms with Crippen LogP contribution in [0.15, 0.2) is 0 Å². The average molecular weight is 255 g/mol. The Morgan fingerprint density at radius 3 is 2.67 bits per heavy atom. The van der Waals surface area contributed by atoms with Gasteiger partial charge in [0.25, 0.3) is 0 Å². The number of rotatable bonds is 6. The zero-order valence-corrected chi connectivity index (χ0v) is 12.1. The van der Waals surface area contributed by atoms with Gasteiger partial charge < -0.3 is 14.4 Å². The van der Waals surface area contributed by atoms with Crippen molar-refractivity contribution in [3.63, 3.8) is 0 Å². The van der Waals surface area contributed by atoms with Crippen molar-refractivity contribution < 1.29 is 9.47 Å². The Kier molecular flexibility index (Phi) is 5.46. The quantitative estimate of drug-likeness (QED) is 0.728. The minimum atomic E-state index is 0.506. The zero-order valence-electron chi connectivity index (χ0n) is 12.1. The molecule has 2 rings (SSSR count). The summed E-state index contributed by atoms with van der Waals surface area (Å²) in [7, 11) is 4.10. The topological polar surface area (TPSA) is 21.7 Å². The van der Waals surface area contributed by atoms with Gasteiger partial charge in [-0.3, -0.25) is 0 Å². The van der Waals surface area contributed by atoms with Crippen LogP contribution in [0.25, 0.3) is 0 Å². The predicted molar refractivity (Wildman–Crippen MR) is 73.9 cm³/mol. The van der Waals surface area contributed by atoms with Crippen molar-refractivity contribution >= 4 is 0 Å². The average Bonchev–Trinajstić information content (AvgIpc) is 2.91. The Labute approximate surface area is 112 Å². The summed E-state index contributed by atoms with van der Waals surface area (Å²) >= 11 is 0. The normalized spacial score (nSPS) is 27.8. The third-order valence-electron chi connectivity index (χ3n) is 4.86. The van der Waals surface area contributed by atoms with E-state index >= 15 is 0 Å². The maximum Gasteiger partial charge on any atom is 0.0622 e. The molecule has 0 aromatic carbocycles. The molecule has 2 fully saturated rings. The highest BCUT2D eigenvalue weighted by molar-refractivity contribution is 4.87. The lowest BCUT2D eigenvalue weighted by Gasteiger charge is -2.41. The largest absolute Gasteiger partial charge is 0.385 e. The van der Waals surface area contributed by atoms with Gasteiger partial charge >= 0.3 is 0 Å². The van der Waals surface area contributed by atoms with E-state index in [1.54, 1.807) is 0 Å². The molecule has 0 radical (unpaired) electrons. The molecule has 1 aliphatic carbocycles. The molecule has 1 unspecified atom stereocenters. The molecule has 2 aliphatic rings. The van der Waals surface area contributed by atoms with Crippen molar-refractivity contribution in [2.45, 2.75) is 51.0 Å². The van der Waals surface area contributed by atoms with Gasteiger partial charge in [-0.05, 0) is 38.1 Å². The van der Waals surface area contributed by atoms with Crippen LogP contribution in [0.4, 0.5) is 0 Å². The molecule has 18 heavy (non-hydrogen) atoms. The van der Waals surface area contributed by atoms with Gasteiger partial charge in [0, 0.05) is 32.9 Å². The first-order valence-corrected chi connectivity index (χ1v) is 7.53. The number of methoxy groups -OCH3 is 1. The Morgan fingerprint density at radius 2 is 2.06 bits per heavy atom. The summed E-state index contributed by atoms with van der Waals surface area (Å²) in [5, 5.41) is 0. The third kappa shape index (κ3) is 3.69. The third-order valence-corrected chi connectivity index (χ3v) is 4.86. The Morgan fingerprint density at radius 1 is 1.28 bits per heavy atom. The first kappa shape index (κ1) is 14.3. The molecule has 3 nitrogen and oxygen atoms in total. The highest BCUT2D eigenvalue weighted by Crippen LogP contribution is 2.40. The lowest BCUT2D eigenvalue weighted by Crippen LogP contribution is -2.43. The molecule has 0 amide bonds. The summed E-state index contributed by atoms with van der Waals surface area (Å²) in [6.45, 7) is 4.01. The molecule has 0 spiro atoms. The predicted octanol–water partition coefficient (Wildman–Crippen LogP) is 2.69. The number of hydrogen-bond donors (Lipinski definition) is 0. The minimum absolute atomic E-state index is 0.506. The van der Waals surface area contributed by atoms with Gasteiger partial charge in [-0.25, -0.2) is 0 Å². The standard InChI is InChI=1S/C15H29NO2/c1-16(14-6-10-18-12-14)13-15(9-11-17-2)7-4-3-5-8-15/h14H,3-13H2,1-2H3. The van der Waals surface area contributed by atoms with E-state index in [1.807, 2.05) is 7.11 Å². The van der Waals surface area contributed by atoms with Crippen LogP contribution >= 0.6 is 0 Å². The summed E-state index contributed by atoms with van der Waals surface area (Å²) in [5.74, 6) is 0. The van der Waals surface area contributed by atoms with Crippen LogP contribution in [0.5, 0.6) is 0 Å². The summed E-state index contributed by atoms with van der Waals surface area (Å²) in [6, 6.07) is 0.645. The summed E-state index contributed by atoms with van der Waals surface area (Å²) in [5.41, 5.74) is 0.506. The van der Waals surface area contributed by atoms with E-state index in [0.29, 0.717) is 11.5 Å². The molecule has 1 saturated carbocycles. The van der Waals surface area contributed by atoms with Crippen LogP contribution in [-0.4, -0.2) is 51.5 Å². The lowest BCUT2D eigenvalue weighted by molar-refractivity contribution is 0.0525. The van der Waals surface area contributed by atoms with Gasteiger partial charge in [-0.15, -0.1) is 0 Å². The van der Waals surface area contributed by atoms with Crippen LogP contribution in [0, 0.1) is 5.41 Å². The second-order valence-corrected chi connectivity index (χ2v) is 6.24. The van der Waals surface area contributed by atoms with Crippen molar-refractivity contribution in [2.24, 2.45) is 5.41 Å². The zero-order chi connectivity index (χ0) is 12.8. The second kappa shape index (κ2) is 6.88. The molecule has 1 heterocycles. The molecule has 0 aromatic heterocycles. The Balaban J connectivity index is 1.90. The van der Waals surface area contributed by atoms with E-state index in [4.69, 9.17) is 9.47 Å². The van der Waals surface area contributed by atoms with E-state index in [1.165, 1.54) is 51.5 Å². The fourth-order valence-corrected chi connectivity index (χ4v) is 3.64. The fraction of sp³-hybridized carbons (Fsp3) is 1.00. The van der Waals surface area contributed by atoms with E-state index in [-0.39, 0.29) is 0 Å². The van der Waals surface area contributed by atoms with Gasteiger partial charge in [0.1, 0.15) is 0 Å². The molecule has 1 saturated heterocycles. The van der Waals surface area contributed by atoms with Crippen molar-refractivity contribution in [1.29, 1.82) is 0 Å². The number of hydrogen-bond acceptors (Lipinski definition) is 3. The maximum atomic E-state index is 5.52. The molecule has 0 N–H and O–H groups in total. The lowest BCUT2D eigenvalue weighted by atomic mass is 9.71. The molecule has 3 heteroatoms. The van der Waals surface area contributed by atoms with Gasteiger partial charge in [0.15, 0.2) is 0 Å². The van der Waals surface area contributed by atoms with E-state index in [2.05, 4.69) is 11.9 Å². The number of likely N-dealkylation sites (N-methyl/N-ethyl adjacent to an activating group) is 1. The SMILES string of the molecule is COCCC1(CN(C)C2CCOC2)CCCCC1. The summed E-state index contributed by atoms with van der Waals surface area (Å²) < 4.78 is 10.8. The highest BCUT2D eigenvalue weighted by Gasteiger charge is 2.34. The number of nitrogens with zero attached hydrogens (tertiary/aromatic N) is 1. The van der Waals surface area contributed by atoms with Gasteiger partial charge in [-0.2, -0.15) is 0 Å². The van der Waals surface area contributed by atoms with Crippen molar-refractivity contribution in [3.8, 4) is 0 Å². The molecular weight excluding hydrogens is 226 g/mol. The summed E-state index contributed by atoms with van der Waals surface area (Å²) in [4.78, 5) is 2.55. The fourth-order valence-electron chi connectivity index (χ4n) is 3.64. The summed E-state index contributed by atoms with van der Waals surface area (Å²) in [6.07, 6.45) is 9.42. The second-order valence-electron chi connectivity index (χ2n) is 6.24. The van der Waals surface area contributed by atoms with Gasteiger partial charge in [0.05, 0.1) is 6.61 Å². The van der Waals surface area contributed by atoms with Crippen molar-refractivity contribution in [1.82, 2.24) is 4.90 Å². The van der Waals surface area contributed by atoms with Gasteiger partial charge in [-0.1, -0.05) is 19.3 Å². The Bertz CT molecular complexity index is 233.